The first-order chi connectivity index (χ1) is 8.58. The molecular weight excluding hydrogens is 308 g/mol. The quantitative estimate of drug-likeness (QED) is 0.850. The molecular formula is C14H17BrN2S. The van der Waals surface area contributed by atoms with Gasteiger partial charge in [-0.15, -0.1) is 11.3 Å². The highest BCUT2D eigenvalue weighted by atomic mass is 79.9. The summed E-state index contributed by atoms with van der Waals surface area (Å²) in [5.74, 6) is 0. The standard InChI is InChI=1S/C14H17BrN2S/c1-10(14-4-3-7-18-14)17(2)9-11-5-6-13(16)12(15)8-11/h3-8,10H,9,16H2,1-2H3. The maximum atomic E-state index is 5.80. The van der Waals surface area contributed by atoms with Crippen LogP contribution >= 0.6 is 27.3 Å². The summed E-state index contributed by atoms with van der Waals surface area (Å²) >= 11 is 5.27. The monoisotopic (exact) mass is 324 g/mol. The van der Waals surface area contributed by atoms with E-state index in [1.807, 2.05) is 6.07 Å². The lowest BCUT2D eigenvalue weighted by Gasteiger charge is -2.24. The predicted molar refractivity (Wildman–Crippen MR) is 82.8 cm³/mol. The van der Waals surface area contributed by atoms with Crippen LogP contribution in [0.3, 0.4) is 0 Å². The highest BCUT2D eigenvalue weighted by Crippen LogP contribution is 2.26. The first kappa shape index (κ1) is 13.6. The van der Waals surface area contributed by atoms with Gasteiger partial charge in [0.15, 0.2) is 0 Å². The molecule has 0 aliphatic heterocycles. The zero-order valence-electron chi connectivity index (χ0n) is 10.6. The predicted octanol–water partition coefficient (Wildman–Crippen LogP) is 4.29. The number of nitrogens with zero attached hydrogens (tertiary/aromatic N) is 1. The maximum absolute atomic E-state index is 5.80. The van der Waals surface area contributed by atoms with Crippen LogP contribution in [-0.4, -0.2) is 11.9 Å². The number of halogens is 1. The highest BCUT2D eigenvalue weighted by molar-refractivity contribution is 9.10. The molecule has 0 saturated heterocycles. The van der Waals surface area contributed by atoms with Gasteiger partial charge in [0.25, 0.3) is 0 Å². The second-order valence-electron chi connectivity index (χ2n) is 4.46. The maximum Gasteiger partial charge on any atom is 0.0458 e. The van der Waals surface area contributed by atoms with Crippen molar-refractivity contribution in [1.29, 1.82) is 0 Å². The van der Waals surface area contributed by atoms with E-state index in [0.717, 1.165) is 16.7 Å². The summed E-state index contributed by atoms with van der Waals surface area (Å²) in [6.45, 7) is 3.15. The molecule has 1 atom stereocenters. The van der Waals surface area contributed by atoms with E-state index in [2.05, 4.69) is 64.4 Å². The van der Waals surface area contributed by atoms with Crippen molar-refractivity contribution in [1.82, 2.24) is 4.90 Å². The largest absolute Gasteiger partial charge is 0.398 e. The van der Waals surface area contributed by atoms with Crippen LogP contribution in [0, 0.1) is 0 Å². The van der Waals surface area contributed by atoms with Crippen molar-refractivity contribution in [3.05, 3.63) is 50.6 Å². The SMILES string of the molecule is CC(c1cccs1)N(C)Cc1ccc(N)c(Br)c1. The van der Waals surface area contributed by atoms with Crippen molar-refractivity contribution in [2.24, 2.45) is 0 Å². The zero-order chi connectivity index (χ0) is 13.1. The molecule has 4 heteroatoms. The van der Waals surface area contributed by atoms with E-state index in [1.54, 1.807) is 11.3 Å². The summed E-state index contributed by atoms with van der Waals surface area (Å²) in [6, 6.07) is 10.8. The van der Waals surface area contributed by atoms with Gasteiger partial charge in [0, 0.05) is 27.6 Å². The van der Waals surface area contributed by atoms with Crippen molar-refractivity contribution < 1.29 is 0 Å². The minimum atomic E-state index is 0.432. The van der Waals surface area contributed by atoms with Gasteiger partial charge in [-0.1, -0.05) is 12.1 Å². The van der Waals surface area contributed by atoms with Gasteiger partial charge in [-0.2, -0.15) is 0 Å². The number of nitrogen functional groups attached to an aromatic ring is 1. The third kappa shape index (κ3) is 3.13. The lowest BCUT2D eigenvalue weighted by molar-refractivity contribution is 0.256. The number of hydrogen-bond donors (Lipinski definition) is 1. The number of anilines is 1. The third-order valence-corrected chi connectivity index (χ3v) is 4.84. The lowest BCUT2D eigenvalue weighted by Crippen LogP contribution is -2.21. The minimum Gasteiger partial charge on any atom is -0.398 e. The van der Waals surface area contributed by atoms with Gasteiger partial charge in [-0.3, -0.25) is 4.90 Å². The summed E-state index contributed by atoms with van der Waals surface area (Å²) in [7, 11) is 2.15. The van der Waals surface area contributed by atoms with Gasteiger partial charge >= 0.3 is 0 Å². The Labute approximate surface area is 121 Å². The molecule has 2 nitrogen and oxygen atoms in total. The first-order valence-corrected chi connectivity index (χ1v) is 7.52. The Hall–Kier alpha value is -0.840. The van der Waals surface area contributed by atoms with Gasteiger partial charge in [0.2, 0.25) is 0 Å². The second kappa shape index (κ2) is 5.87. The molecule has 18 heavy (non-hydrogen) atoms. The molecule has 0 spiro atoms. The van der Waals surface area contributed by atoms with E-state index in [4.69, 9.17) is 5.73 Å². The molecule has 0 aliphatic carbocycles. The Kier molecular flexibility index (Phi) is 4.43. The summed E-state index contributed by atoms with van der Waals surface area (Å²) < 4.78 is 0.970. The fourth-order valence-electron chi connectivity index (χ4n) is 1.84. The van der Waals surface area contributed by atoms with Gasteiger partial charge in [0.05, 0.1) is 0 Å². The third-order valence-electron chi connectivity index (χ3n) is 3.11. The Morgan fingerprint density at radius 1 is 1.39 bits per heavy atom. The van der Waals surface area contributed by atoms with Crippen LogP contribution in [0.1, 0.15) is 23.4 Å². The normalized spacial score (nSPS) is 12.9. The fourth-order valence-corrected chi connectivity index (χ4v) is 3.11. The number of hydrogen-bond acceptors (Lipinski definition) is 3. The molecule has 1 unspecified atom stereocenters. The van der Waals surface area contributed by atoms with Crippen LogP contribution in [0.2, 0.25) is 0 Å². The minimum absolute atomic E-state index is 0.432. The molecule has 2 aromatic rings. The van der Waals surface area contributed by atoms with Crippen molar-refractivity contribution in [2.45, 2.75) is 19.5 Å². The van der Waals surface area contributed by atoms with E-state index < -0.39 is 0 Å². The van der Waals surface area contributed by atoms with Crippen molar-refractivity contribution in [2.75, 3.05) is 12.8 Å². The van der Waals surface area contributed by atoms with Crippen LogP contribution in [0.5, 0.6) is 0 Å². The van der Waals surface area contributed by atoms with Gasteiger partial charge in [0.1, 0.15) is 0 Å². The number of nitrogens with two attached hydrogens (primary N) is 1. The Bertz CT molecular complexity index is 511. The average molecular weight is 325 g/mol. The molecule has 2 N–H and O–H groups in total. The molecule has 1 aromatic heterocycles. The molecule has 0 bridgehead atoms. The zero-order valence-corrected chi connectivity index (χ0v) is 13.0. The van der Waals surface area contributed by atoms with Gasteiger partial charge in [-0.05, 0) is 59.0 Å². The highest BCUT2D eigenvalue weighted by Gasteiger charge is 2.13. The number of rotatable bonds is 4. The van der Waals surface area contributed by atoms with Crippen LogP contribution in [-0.2, 0) is 6.54 Å². The number of benzene rings is 1. The van der Waals surface area contributed by atoms with Crippen molar-refractivity contribution in [3.63, 3.8) is 0 Å². The summed E-state index contributed by atoms with van der Waals surface area (Å²) in [5, 5.41) is 2.12. The van der Waals surface area contributed by atoms with Crippen LogP contribution < -0.4 is 5.73 Å². The molecule has 1 aromatic carbocycles. The van der Waals surface area contributed by atoms with Crippen molar-refractivity contribution in [3.8, 4) is 0 Å². The molecule has 0 aliphatic rings. The van der Waals surface area contributed by atoms with E-state index in [0.29, 0.717) is 6.04 Å². The molecule has 0 radical (unpaired) electrons. The molecule has 0 fully saturated rings. The second-order valence-corrected chi connectivity index (χ2v) is 6.30. The number of thiophene rings is 1. The fraction of sp³-hybridized carbons (Fsp3) is 0.286. The Morgan fingerprint density at radius 3 is 2.78 bits per heavy atom. The molecule has 2 rings (SSSR count). The molecule has 0 amide bonds. The van der Waals surface area contributed by atoms with E-state index in [9.17, 15) is 0 Å². The molecule has 96 valence electrons. The Balaban J connectivity index is 2.06. The smallest absolute Gasteiger partial charge is 0.0458 e. The van der Waals surface area contributed by atoms with Gasteiger partial charge in [-0.25, -0.2) is 0 Å². The van der Waals surface area contributed by atoms with Gasteiger partial charge < -0.3 is 5.73 Å². The van der Waals surface area contributed by atoms with E-state index in [-0.39, 0.29) is 0 Å². The summed E-state index contributed by atoms with van der Waals surface area (Å²) in [6.07, 6.45) is 0. The Morgan fingerprint density at radius 2 is 2.17 bits per heavy atom. The van der Waals surface area contributed by atoms with E-state index in [1.165, 1.54) is 10.4 Å². The van der Waals surface area contributed by atoms with Crippen LogP contribution in [0.4, 0.5) is 5.69 Å². The first-order valence-electron chi connectivity index (χ1n) is 5.85. The lowest BCUT2D eigenvalue weighted by atomic mass is 10.1. The topological polar surface area (TPSA) is 29.3 Å². The van der Waals surface area contributed by atoms with Crippen molar-refractivity contribution >= 4 is 33.0 Å². The molecule has 0 saturated carbocycles. The summed E-state index contributed by atoms with van der Waals surface area (Å²) in [5.41, 5.74) is 7.85. The van der Waals surface area contributed by atoms with Crippen LogP contribution in [0.15, 0.2) is 40.2 Å². The molecule has 1 heterocycles. The van der Waals surface area contributed by atoms with E-state index >= 15 is 0 Å². The van der Waals surface area contributed by atoms with Crippen LogP contribution in [0.25, 0.3) is 0 Å². The summed E-state index contributed by atoms with van der Waals surface area (Å²) in [4.78, 5) is 3.73. The average Bonchev–Trinajstić information content (AvgIpc) is 2.86.